The van der Waals surface area contributed by atoms with E-state index in [1.165, 1.54) is 6.07 Å². The Balaban J connectivity index is 2.10. The Kier molecular flexibility index (Phi) is 3.76. The van der Waals surface area contributed by atoms with Crippen molar-refractivity contribution >= 4 is 21.8 Å². The van der Waals surface area contributed by atoms with E-state index < -0.39 is 5.82 Å². The van der Waals surface area contributed by atoms with E-state index in [4.69, 9.17) is 0 Å². The van der Waals surface area contributed by atoms with Crippen LogP contribution in [-0.2, 0) is 0 Å². The Morgan fingerprint density at radius 1 is 1.50 bits per heavy atom. The van der Waals surface area contributed by atoms with Crippen LogP contribution in [0.1, 0.15) is 43.5 Å². The highest BCUT2D eigenvalue weighted by atomic mass is 79.9. The van der Waals surface area contributed by atoms with Gasteiger partial charge in [-0.3, -0.25) is 4.79 Å². The van der Waals surface area contributed by atoms with Gasteiger partial charge in [0.25, 0.3) is 5.91 Å². The Bertz CT molecular complexity index is 473. The number of carbonyl (C=O) groups is 1. The molecule has 0 aliphatic heterocycles. The van der Waals surface area contributed by atoms with Gasteiger partial charge in [0.1, 0.15) is 5.82 Å². The van der Waals surface area contributed by atoms with Crippen molar-refractivity contribution in [1.82, 2.24) is 5.32 Å². The minimum Gasteiger partial charge on any atom is -0.349 e. The van der Waals surface area contributed by atoms with Crippen molar-refractivity contribution < 1.29 is 9.18 Å². The first-order valence-electron chi connectivity index (χ1n) is 6.16. The fourth-order valence-corrected chi connectivity index (χ4v) is 2.72. The number of nitrogens with one attached hydrogen (secondary N) is 1. The summed E-state index contributed by atoms with van der Waals surface area (Å²) in [6, 6.07) is 4.63. The smallest absolute Gasteiger partial charge is 0.251 e. The average molecular weight is 314 g/mol. The topological polar surface area (TPSA) is 29.1 Å². The lowest BCUT2D eigenvalue weighted by atomic mass is 9.87. The Labute approximate surface area is 115 Å². The van der Waals surface area contributed by atoms with E-state index in [2.05, 4.69) is 35.1 Å². The predicted octanol–water partition coefficient (Wildman–Crippen LogP) is 3.90. The van der Waals surface area contributed by atoms with Crippen molar-refractivity contribution in [3.05, 3.63) is 34.1 Å². The normalized spacial score (nSPS) is 21.9. The van der Waals surface area contributed by atoms with Gasteiger partial charge in [0.15, 0.2) is 0 Å². The van der Waals surface area contributed by atoms with E-state index in [1.807, 2.05) is 0 Å². The van der Waals surface area contributed by atoms with Gasteiger partial charge in [-0.25, -0.2) is 4.39 Å². The van der Waals surface area contributed by atoms with Crippen LogP contribution in [0.4, 0.5) is 4.39 Å². The molecular weight excluding hydrogens is 297 g/mol. The molecule has 0 radical (unpaired) electrons. The summed E-state index contributed by atoms with van der Waals surface area (Å²) < 4.78 is 13.8. The van der Waals surface area contributed by atoms with Crippen LogP contribution in [0.2, 0.25) is 0 Å². The lowest BCUT2D eigenvalue weighted by Crippen LogP contribution is -2.41. The Morgan fingerprint density at radius 2 is 2.22 bits per heavy atom. The average Bonchev–Trinajstić information content (AvgIpc) is 2.62. The van der Waals surface area contributed by atoms with Gasteiger partial charge in [-0.2, -0.15) is 0 Å². The van der Waals surface area contributed by atoms with Crippen molar-refractivity contribution in [3.63, 3.8) is 0 Å². The quantitative estimate of drug-likeness (QED) is 0.881. The largest absolute Gasteiger partial charge is 0.349 e. The molecule has 1 saturated carbocycles. The zero-order valence-electron chi connectivity index (χ0n) is 10.6. The van der Waals surface area contributed by atoms with Crippen LogP contribution in [-0.4, -0.2) is 11.9 Å². The summed E-state index contributed by atoms with van der Waals surface area (Å²) in [6.45, 7) is 4.32. The molecule has 1 aliphatic carbocycles. The molecule has 2 nitrogen and oxygen atoms in total. The first kappa shape index (κ1) is 13.5. The van der Waals surface area contributed by atoms with E-state index in [0.717, 1.165) is 19.3 Å². The summed E-state index contributed by atoms with van der Waals surface area (Å²) in [6.07, 6.45) is 3.25. The van der Waals surface area contributed by atoms with Crippen molar-refractivity contribution in [2.75, 3.05) is 0 Å². The molecule has 2 rings (SSSR count). The number of rotatable bonds is 2. The standard InChI is InChI=1S/C14H17BrFNO/c1-14(2)7-3-4-12(14)17-13(18)9-5-6-10(15)11(16)8-9/h5-6,8,12H,3-4,7H2,1-2H3,(H,17,18). The van der Waals surface area contributed by atoms with Gasteiger partial charge >= 0.3 is 0 Å². The van der Waals surface area contributed by atoms with Crippen LogP contribution >= 0.6 is 15.9 Å². The fourth-order valence-electron chi connectivity index (χ4n) is 2.47. The minimum atomic E-state index is -0.409. The lowest BCUT2D eigenvalue weighted by molar-refractivity contribution is 0.0909. The summed E-state index contributed by atoms with van der Waals surface area (Å²) in [5, 5.41) is 3.01. The van der Waals surface area contributed by atoms with E-state index in [1.54, 1.807) is 12.1 Å². The molecule has 1 aromatic rings. The minimum absolute atomic E-state index is 0.129. The summed E-state index contributed by atoms with van der Waals surface area (Å²) in [7, 11) is 0. The van der Waals surface area contributed by atoms with Crippen LogP contribution < -0.4 is 5.32 Å². The van der Waals surface area contributed by atoms with Crippen molar-refractivity contribution in [1.29, 1.82) is 0 Å². The molecule has 0 saturated heterocycles. The van der Waals surface area contributed by atoms with E-state index >= 15 is 0 Å². The van der Waals surface area contributed by atoms with E-state index in [9.17, 15) is 9.18 Å². The first-order valence-corrected chi connectivity index (χ1v) is 6.95. The molecule has 1 fully saturated rings. The molecule has 98 valence electrons. The molecule has 1 N–H and O–H groups in total. The van der Waals surface area contributed by atoms with Crippen LogP contribution in [0.25, 0.3) is 0 Å². The Morgan fingerprint density at radius 3 is 2.78 bits per heavy atom. The van der Waals surface area contributed by atoms with Crippen LogP contribution in [0.3, 0.4) is 0 Å². The molecule has 1 aliphatic rings. The molecule has 1 amide bonds. The van der Waals surface area contributed by atoms with Gasteiger partial charge in [-0.1, -0.05) is 20.3 Å². The monoisotopic (exact) mass is 313 g/mol. The number of carbonyl (C=O) groups excluding carboxylic acids is 1. The maximum absolute atomic E-state index is 13.4. The molecule has 0 bridgehead atoms. The maximum Gasteiger partial charge on any atom is 0.251 e. The first-order chi connectivity index (χ1) is 8.40. The zero-order chi connectivity index (χ0) is 13.3. The lowest BCUT2D eigenvalue weighted by Gasteiger charge is -2.27. The highest BCUT2D eigenvalue weighted by molar-refractivity contribution is 9.10. The van der Waals surface area contributed by atoms with Gasteiger partial charge in [-0.15, -0.1) is 0 Å². The van der Waals surface area contributed by atoms with Gasteiger partial charge in [-0.05, 0) is 52.4 Å². The van der Waals surface area contributed by atoms with Crippen LogP contribution in [0.5, 0.6) is 0 Å². The highest BCUT2D eigenvalue weighted by Crippen LogP contribution is 2.37. The van der Waals surface area contributed by atoms with Gasteiger partial charge < -0.3 is 5.32 Å². The van der Waals surface area contributed by atoms with Crippen LogP contribution in [0, 0.1) is 11.2 Å². The summed E-state index contributed by atoms with van der Waals surface area (Å²) in [5.74, 6) is -0.602. The molecule has 0 heterocycles. The second-order valence-corrected chi connectivity index (χ2v) is 6.39. The highest BCUT2D eigenvalue weighted by Gasteiger charge is 2.35. The SMILES string of the molecule is CC1(C)CCCC1NC(=O)c1ccc(Br)c(F)c1. The third-order valence-corrected chi connectivity index (χ3v) is 4.39. The number of benzene rings is 1. The molecule has 4 heteroatoms. The number of hydrogen-bond donors (Lipinski definition) is 1. The Hall–Kier alpha value is -0.900. The third-order valence-electron chi connectivity index (χ3n) is 3.74. The zero-order valence-corrected chi connectivity index (χ0v) is 12.2. The van der Waals surface area contributed by atoms with Crippen LogP contribution in [0.15, 0.2) is 22.7 Å². The van der Waals surface area contributed by atoms with Crippen molar-refractivity contribution in [3.8, 4) is 0 Å². The summed E-state index contributed by atoms with van der Waals surface area (Å²) in [5.41, 5.74) is 0.502. The number of halogens is 2. The fraction of sp³-hybridized carbons (Fsp3) is 0.500. The molecule has 0 aromatic heterocycles. The summed E-state index contributed by atoms with van der Waals surface area (Å²) in [4.78, 5) is 12.1. The molecular formula is C14H17BrFNO. The number of hydrogen-bond acceptors (Lipinski definition) is 1. The predicted molar refractivity (Wildman–Crippen MR) is 73.0 cm³/mol. The number of amides is 1. The van der Waals surface area contributed by atoms with E-state index in [-0.39, 0.29) is 17.4 Å². The van der Waals surface area contributed by atoms with Gasteiger partial charge in [0.2, 0.25) is 0 Å². The molecule has 1 aromatic carbocycles. The third kappa shape index (κ3) is 2.74. The van der Waals surface area contributed by atoms with Gasteiger partial charge in [0.05, 0.1) is 4.47 Å². The molecule has 0 spiro atoms. The summed E-state index contributed by atoms with van der Waals surface area (Å²) >= 11 is 3.08. The molecule has 18 heavy (non-hydrogen) atoms. The van der Waals surface area contributed by atoms with Gasteiger partial charge in [0, 0.05) is 11.6 Å². The molecule has 1 atom stereocenters. The van der Waals surface area contributed by atoms with E-state index in [0.29, 0.717) is 10.0 Å². The second kappa shape index (κ2) is 5.00. The molecule has 1 unspecified atom stereocenters. The second-order valence-electron chi connectivity index (χ2n) is 5.54. The van der Waals surface area contributed by atoms with Crippen molar-refractivity contribution in [2.45, 2.75) is 39.2 Å². The van der Waals surface area contributed by atoms with Crippen molar-refractivity contribution in [2.24, 2.45) is 5.41 Å². The maximum atomic E-state index is 13.4.